The predicted molar refractivity (Wildman–Crippen MR) is 74.4 cm³/mol. The second-order valence-electron chi connectivity index (χ2n) is 3.84. The van der Waals surface area contributed by atoms with Gasteiger partial charge in [0.15, 0.2) is 0 Å². The number of hydrogen-bond donors (Lipinski definition) is 1. The average molecular weight is 360 g/mol. The maximum atomic E-state index is 9.08. The summed E-state index contributed by atoms with van der Waals surface area (Å²) in [5.41, 5.74) is 3.86. The van der Waals surface area contributed by atoms with Gasteiger partial charge in [-0.1, -0.05) is 6.07 Å². The first-order valence-corrected chi connectivity index (χ1v) is 6.74. The third-order valence-electron chi connectivity index (χ3n) is 2.63. The minimum Gasteiger partial charge on any atom is -0.392 e. The van der Waals surface area contributed by atoms with Crippen molar-refractivity contribution < 1.29 is 5.11 Å². The van der Waals surface area contributed by atoms with Gasteiger partial charge in [0.1, 0.15) is 0 Å². The highest BCUT2D eigenvalue weighted by atomic mass is 79.9. The predicted octanol–water partition coefficient (Wildman–Crippen LogP) is 3.51. The first kappa shape index (κ1) is 12.8. The molecule has 0 aliphatic rings. The van der Waals surface area contributed by atoms with Gasteiger partial charge in [-0.3, -0.25) is 0 Å². The summed E-state index contributed by atoms with van der Waals surface area (Å²) in [5, 5.41) is 13.5. The molecule has 17 heavy (non-hydrogen) atoms. The lowest BCUT2D eigenvalue weighted by atomic mass is 10.2. The van der Waals surface area contributed by atoms with Gasteiger partial charge >= 0.3 is 0 Å². The van der Waals surface area contributed by atoms with Gasteiger partial charge in [-0.05, 0) is 63.4 Å². The van der Waals surface area contributed by atoms with E-state index in [1.54, 1.807) is 0 Å². The molecule has 90 valence electrons. The molecule has 0 atom stereocenters. The van der Waals surface area contributed by atoms with Gasteiger partial charge in [0.05, 0.1) is 28.2 Å². The molecule has 1 N–H and O–H groups in total. The number of hydrogen-bond acceptors (Lipinski definition) is 2. The highest BCUT2D eigenvalue weighted by Gasteiger charge is 2.12. The minimum absolute atomic E-state index is 0.0414. The maximum Gasteiger partial charge on any atom is 0.0791 e. The van der Waals surface area contributed by atoms with Crippen LogP contribution in [0, 0.1) is 13.8 Å². The standard InChI is InChI=1S/C12H12Br2N2O/c1-7-12(14)8(2)16(15-7)11-4-3-9(6-17)5-10(11)13/h3-5,17H,6H2,1-2H3. The molecule has 0 aliphatic carbocycles. The van der Waals surface area contributed by atoms with Crippen molar-refractivity contribution in [2.24, 2.45) is 0 Å². The Morgan fingerprint density at radius 1 is 1.29 bits per heavy atom. The molecule has 0 bridgehead atoms. The molecule has 1 aromatic heterocycles. The molecule has 2 aromatic rings. The van der Waals surface area contributed by atoms with Gasteiger partial charge in [0.25, 0.3) is 0 Å². The smallest absolute Gasteiger partial charge is 0.0791 e. The molecular formula is C12H12Br2N2O. The summed E-state index contributed by atoms with van der Waals surface area (Å²) in [4.78, 5) is 0. The van der Waals surface area contributed by atoms with E-state index >= 15 is 0 Å². The third kappa shape index (κ3) is 2.32. The second-order valence-corrected chi connectivity index (χ2v) is 5.49. The summed E-state index contributed by atoms with van der Waals surface area (Å²) >= 11 is 7.02. The van der Waals surface area contributed by atoms with Crippen LogP contribution in [-0.4, -0.2) is 14.9 Å². The first-order chi connectivity index (χ1) is 8.04. The van der Waals surface area contributed by atoms with Crippen LogP contribution in [0.5, 0.6) is 0 Å². The molecule has 0 spiro atoms. The van der Waals surface area contributed by atoms with Crippen LogP contribution in [-0.2, 0) is 6.61 Å². The van der Waals surface area contributed by atoms with Crippen molar-refractivity contribution in [3.05, 3.63) is 44.1 Å². The van der Waals surface area contributed by atoms with Crippen LogP contribution in [0.4, 0.5) is 0 Å². The van der Waals surface area contributed by atoms with Crippen molar-refractivity contribution >= 4 is 31.9 Å². The largest absolute Gasteiger partial charge is 0.392 e. The van der Waals surface area contributed by atoms with E-state index < -0.39 is 0 Å². The van der Waals surface area contributed by atoms with Crippen molar-refractivity contribution in [1.82, 2.24) is 9.78 Å². The molecule has 5 heteroatoms. The number of aliphatic hydroxyl groups excluding tert-OH is 1. The Labute approximate surface area is 117 Å². The highest BCUT2D eigenvalue weighted by Crippen LogP contribution is 2.27. The normalized spacial score (nSPS) is 10.9. The lowest BCUT2D eigenvalue weighted by molar-refractivity contribution is 0.282. The number of benzene rings is 1. The van der Waals surface area contributed by atoms with Crippen LogP contribution in [0.25, 0.3) is 5.69 Å². The molecule has 0 aliphatic heterocycles. The van der Waals surface area contributed by atoms with Gasteiger partial charge < -0.3 is 5.11 Å². The molecule has 3 nitrogen and oxygen atoms in total. The first-order valence-electron chi connectivity index (χ1n) is 5.16. The molecule has 0 radical (unpaired) electrons. The zero-order chi connectivity index (χ0) is 12.6. The third-order valence-corrected chi connectivity index (χ3v) is 4.41. The van der Waals surface area contributed by atoms with Crippen LogP contribution < -0.4 is 0 Å². The SMILES string of the molecule is Cc1nn(-c2ccc(CO)cc2Br)c(C)c1Br. The zero-order valence-corrected chi connectivity index (χ0v) is 12.7. The second kappa shape index (κ2) is 4.92. The number of rotatable bonds is 2. The summed E-state index contributed by atoms with van der Waals surface area (Å²) in [6, 6.07) is 5.74. The zero-order valence-electron chi connectivity index (χ0n) is 9.54. The number of halogens is 2. The summed E-state index contributed by atoms with van der Waals surface area (Å²) < 4.78 is 3.82. The summed E-state index contributed by atoms with van der Waals surface area (Å²) in [6.45, 7) is 4.01. The van der Waals surface area contributed by atoms with Crippen molar-refractivity contribution in [3.8, 4) is 5.69 Å². The monoisotopic (exact) mass is 358 g/mol. The fraction of sp³-hybridized carbons (Fsp3) is 0.250. The molecule has 0 saturated heterocycles. The average Bonchev–Trinajstić information content (AvgIpc) is 2.57. The lowest BCUT2D eigenvalue weighted by Crippen LogP contribution is -2.00. The van der Waals surface area contributed by atoms with Gasteiger partial charge in [0, 0.05) is 4.47 Å². The molecule has 0 saturated carbocycles. The Hall–Kier alpha value is -0.650. The van der Waals surface area contributed by atoms with Gasteiger partial charge in [-0.2, -0.15) is 5.10 Å². The van der Waals surface area contributed by atoms with Crippen molar-refractivity contribution in [2.45, 2.75) is 20.5 Å². The Kier molecular flexibility index (Phi) is 3.70. The topological polar surface area (TPSA) is 38.0 Å². The van der Waals surface area contributed by atoms with Crippen molar-refractivity contribution in [1.29, 1.82) is 0 Å². The van der Waals surface area contributed by atoms with E-state index in [1.165, 1.54) is 0 Å². The number of aromatic nitrogens is 2. The van der Waals surface area contributed by atoms with Crippen LogP contribution in [0.2, 0.25) is 0 Å². The van der Waals surface area contributed by atoms with E-state index in [4.69, 9.17) is 5.11 Å². The minimum atomic E-state index is 0.0414. The van der Waals surface area contributed by atoms with Crippen molar-refractivity contribution in [2.75, 3.05) is 0 Å². The fourth-order valence-electron chi connectivity index (χ4n) is 1.68. The van der Waals surface area contributed by atoms with Gasteiger partial charge in [-0.15, -0.1) is 0 Å². The van der Waals surface area contributed by atoms with Crippen LogP contribution in [0.15, 0.2) is 27.1 Å². The summed E-state index contributed by atoms with van der Waals surface area (Å²) in [5.74, 6) is 0. The number of nitrogens with zero attached hydrogens (tertiary/aromatic N) is 2. The molecule has 2 rings (SSSR count). The quantitative estimate of drug-likeness (QED) is 0.890. The van der Waals surface area contributed by atoms with Gasteiger partial charge in [0.2, 0.25) is 0 Å². The van der Waals surface area contributed by atoms with E-state index in [2.05, 4.69) is 37.0 Å². The molecule has 0 amide bonds. The van der Waals surface area contributed by atoms with E-state index in [0.717, 1.165) is 31.6 Å². The lowest BCUT2D eigenvalue weighted by Gasteiger charge is -2.08. The summed E-state index contributed by atoms with van der Waals surface area (Å²) in [6.07, 6.45) is 0. The van der Waals surface area contributed by atoms with Crippen LogP contribution >= 0.6 is 31.9 Å². The molecular weight excluding hydrogens is 348 g/mol. The Morgan fingerprint density at radius 3 is 2.47 bits per heavy atom. The van der Waals surface area contributed by atoms with E-state index in [9.17, 15) is 0 Å². The Balaban J connectivity index is 2.57. The molecule has 0 unspecified atom stereocenters. The van der Waals surface area contributed by atoms with E-state index in [-0.39, 0.29) is 6.61 Å². The number of aliphatic hydroxyl groups is 1. The van der Waals surface area contributed by atoms with Crippen LogP contribution in [0.3, 0.4) is 0 Å². The fourth-order valence-corrected chi connectivity index (χ4v) is 2.52. The van der Waals surface area contributed by atoms with E-state index in [0.29, 0.717) is 0 Å². The Bertz CT molecular complexity index is 564. The number of aryl methyl sites for hydroxylation is 1. The van der Waals surface area contributed by atoms with Crippen LogP contribution in [0.1, 0.15) is 17.0 Å². The van der Waals surface area contributed by atoms with Gasteiger partial charge in [-0.25, -0.2) is 4.68 Å². The maximum absolute atomic E-state index is 9.08. The molecule has 1 heterocycles. The summed E-state index contributed by atoms with van der Waals surface area (Å²) in [7, 11) is 0. The van der Waals surface area contributed by atoms with Crippen molar-refractivity contribution in [3.63, 3.8) is 0 Å². The highest BCUT2D eigenvalue weighted by molar-refractivity contribution is 9.11. The Morgan fingerprint density at radius 2 is 2.00 bits per heavy atom. The molecule has 1 aromatic carbocycles. The van der Waals surface area contributed by atoms with E-state index in [1.807, 2.05) is 36.7 Å². The molecule has 0 fully saturated rings.